The zero-order valence-corrected chi connectivity index (χ0v) is 10.6. The Morgan fingerprint density at radius 1 is 1.53 bits per heavy atom. The first-order valence-electron chi connectivity index (χ1n) is 5.87. The summed E-state index contributed by atoms with van der Waals surface area (Å²) in [4.78, 5) is 29.8. The van der Waals surface area contributed by atoms with E-state index in [1.807, 2.05) is 13.8 Å². The number of aromatic nitrogens is 2. The quantitative estimate of drug-likeness (QED) is 0.816. The van der Waals surface area contributed by atoms with Crippen molar-refractivity contribution in [3.63, 3.8) is 0 Å². The lowest BCUT2D eigenvalue weighted by molar-refractivity contribution is 0.0448. The number of carbonyl (C=O) groups excluding carboxylic acids is 1. The van der Waals surface area contributed by atoms with Crippen molar-refractivity contribution in [1.82, 2.24) is 9.97 Å². The van der Waals surface area contributed by atoms with E-state index in [0.29, 0.717) is 0 Å². The molecule has 100 valence electrons. The second-order valence-electron chi connectivity index (χ2n) is 4.57. The van der Waals surface area contributed by atoms with E-state index in [1.54, 1.807) is 6.07 Å². The molecule has 0 saturated heterocycles. The van der Waals surface area contributed by atoms with Gasteiger partial charge in [-0.2, -0.15) is 0 Å². The molecule has 0 fully saturated rings. The van der Waals surface area contributed by atoms with Gasteiger partial charge in [-0.1, -0.05) is 13.8 Å². The molecule has 0 amide bonds. The Hall–Kier alpha value is -2.37. The van der Waals surface area contributed by atoms with Crippen molar-refractivity contribution in [3.05, 3.63) is 34.4 Å². The van der Waals surface area contributed by atoms with Crippen molar-refractivity contribution < 1.29 is 14.6 Å². The van der Waals surface area contributed by atoms with Crippen LogP contribution in [0.15, 0.2) is 23.1 Å². The first-order valence-corrected chi connectivity index (χ1v) is 5.87. The average Bonchev–Trinajstić information content (AvgIpc) is 2.40. The predicted octanol–water partition coefficient (Wildman–Crippen LogP) is 1.44. The molecule has 2 heterocycles. The summed E-state index contributed by atoms with van der Waals surface area (Å²) in [5, 5.41) is 10.2. The SMILES string of the molecule is CC(C)COC(=O)c1[nH]c(=O)c2cccnc2c1O. The van der Waals surface area contributed by atoms with Crippen LogP contribution in [0.3, 0.4) is 0 Å². The van der Waals surface area contributed by atoms with Gasteiger partial charge in [0.15, 0.2) is 11.4 Å². The third-order valence-electron chi connectivity index (χ3n) is 2.50. The van der Waals surface area contributed by atoms with Crippen molar-refractivity contribution in [1.29, 1.82) is 0 Å². The minimum absolute atomic E-state index is 0.0859. The van der Waals surface area contributed by atoms with Gasteiger partial charge in [0.1, 0.15) is 5.52 Å². The van der Waals surface area contributed by atoms with Gasteiger partial charge in [-0.05, 0) is 18.1 Å². The molecule has 0 saturated carbocycles. The van der Waals surface area contributed by atoms with Gasteiger partial charge in [0.05, 0.1) is 12.0 Å². The molecular weight excluding hydrogens is 248 g/mol. The number of aromatic amines is 1. The molecule has 2 aromatic rings. The molecular formula is C13H14N2O4. The number of aromatic hydroxyl groups is 1. The molecule has 0 aliphatic carbocycles. The number of H-pyrrole nitrogens is 1. The molecule has 2 aromatic heterocycles. The van der Waals surface area contributed by atoms with E-state index in [9.17, 15) is 14.7 Å². The number of nitrogens with zero attached hydrogens (tertiary/aromatic N) is 1. The van der Waals surface area contributed by atoms with Crippen molar-refractivity contribution in [2.75, 3.05) is 6.61 Å². The maximum Gasteiger partial charge on any atom is 0.358 e. The highest BCUT2D eigenvalue weighted by atomic mass is 16.5. The molecule has 0 radical (unpaired) electrons. The second kappa shape index (κ2) is 5.09. The summed E-state index contributed by atoms with van der Waals surface area (Å²) in [5.74, 6) is -0.976. The monoisotopic (exact) mass is 262 g/mol. The van der Waals surface area contributed by atoms with Gasteiger partial charge < -0.3 is 14.8 Å². The van der Waals surface area contributed by atoms with Crippen molar-refractivity contribution in [2.24, 2.45) is 5.92 Å². The van der Waals surface area contributed by atoms with Gasteiger partial charge in [-0.3, -0.25) is 9.78 Å². The third-order valence-corrected chi connectivity index (χ3v) is 2.50. The van der Waals surface area contributed by atoms with Crippen LogP contribution >= 0.6 is 0 Å². The van der Waals surface area contributed by atoms with Gasteiger partial charge >= 0.3 is 5.97 Å². The third kappa shape index (κ3) is 2.57. The van der Waals surface area contributed by atoms with Crippen LogP contribution in [-0.2, 0) is 4.74 Å². The maximum atomic E-state index is 11.8. The maximum absolute atomic E-state index is 11.8. The zero-order chi connectivity index (χ0) is 14.0. The minimum Gasteiger partial charge on any atom is -0.504 e. The van der Waals surface area contributed by atoms with E-state index >= 15 is 0 Å². The fraction of sp³-hybridized carbons (Fsp3) is 0.308. The number of rotatable bonds is 3. The summed E-state index contributed by atoms with van der Waals surface area (Å²) in [6, 6.07) is 3.10. The van der Waals surface area contributed by atoms with Gasteiger partial charge in [0.2, 0.25) is 0 Å². The van der Waals surface area contributed by atoms with Crippen LogP contribution in [-0.4, -0.2) is 27.7 Å². The molecule has 2 N–H and O–H groups in total. The molecule has 0 aromatic carbocycles. The Balaban J connectivity index is 2.47. The summed E-state index contributed by atoms with van der Waals surface area (Å²) in [5.41, 5.74) is -0.669. The van der Waals surface area contributed by atoms with E-state index in [1.165, 1.54) is 12.3 Å². The Labute approximate surface area is 109 Å². The van der Waals surface area contributed by atoms with Crippen LogP contribution in [0.2, 0.25) is 0 Å². The molecule has 0 spiro atoms. The molecule has 0 unspecified atom stereocenters. The number of hydrogen-bond donors (Lipinski definition) is 2. The highest BCUT2D eigenvalue weighted by molar-refractivity contribution is 5.97. The molecule has 0 bridgehead atoms. The van der Waals surface area contributed by atoms with E-state index in [2.05, 4.69) is 9.97 Å². The average molecular weight is 262 g/mol. The number of nitrogens with one attached hydrogen (secondary N) is 1. The van der Waals surface area contributed by atoms with Crippen LogP contribution in [0.4, 0.5) is 0 Å². The summed E-state index contributed by atoms with van der Waals surface area (Å²) in [6.07, 6.45) is 1.44. The topological polar surface area (TPSA) is 92.3 Å². The van der Waals surface area contributed by atoms with Crippen molar-refractivity contribution in [2.45, 2.75) is 13.8 Å². The highest BCUT2D eigenvalue weighted by Crippen LogP contribution is 2.22. The van der Waals surface area contributed by atoms with Crippen LogP contribution in [0.1, 0.15) is 24.3 Å². The molecule has 0 atom stereocenters. The number of carbonyl (C=O) groups is 1. The van der Waals surface area contributed by atoms with Crippen LogP contribution in [0.25, 0.3) is 10.9 Å². The van der Waals surface area contributed by atoms with E-state index in [0.717, 1.165) is 0 Å². The van der Waals surface area contributed by atoms with Crippen LogP contribution in [0.5, 0.6) is 5.75 Å². The number of esters is 1. The fourth-order valence-electron chi connectivity index (χ4n) is 1.60. The summed E-state index contributed by atoms with van der Waals surface area (Å²) < 4.78 is 4.98. The van der Waals surface area contributed by atoms with Gasteiger partial charge in [0, 0.05) is 6.20 Å². The standard InChI is InChI=1S/C13H14N2O4/c1-7(2)6-19-13(18)10-11(16)9-8(12(17)15-10)4-3-5-14-9/h3-5,7,16H,6H2,1-2H3,(H,15,17). The zero-order valence-electron chi connectivity index (χ0n) is 10.6. The van der Waals surface area contributed by atoms with Crippen LogP contribution in [0, 0.1) is 5.92 Å². The molecule has 6 heteroatoms. The highest BCUT2D eigenvalue weighted by Gasteiger charge is 2.19. The largest absolute Gasteiger partial charge is 0.504 e. The summed E-state index contributed by atoms with van der Waals surface area (Å²) in [7, 11) is 0. The lowest BCUT2D eigenvalue weighted by Crippen LogP contribution is -2.17. The Morgan fingerprint density at radius 2 is 2.26 bits per heavy atom. The molecule has 0 aliphatic heterocycles. The lowest BCUT2D eigenvalue weighted by Gasteiger charge is -2.09. The smallest absolute Gasteiger partial charge is 0.358 e. The van der Waals surface area contributed by atoms with Crippen LogP contribution < -0.4 is 5.56 Å². The van der Waals surface area contributed by atoms with Gasteiger partial charge in [-0.15, -0.1) is 0 Å². The Bertz CT molecular complexity index is 676. The van der Waals surface area contributed by atoms with Gasteiger partial charge in [0.25, 0.3) is 5.56 Å². The number of pyridine rings is 2. The number of fused-ring (bicyclic) bond motifs is 1. The first-order chi connectivity index (χ1) is 9.00. The normalized spacial score (nSPS) is 10.9. The summed E-state index contributed by atoms with van der Waals surface area (Å²) >= 11 is 0. The molecule has 0 aliphatic rings. The van der Waals surface area contributed by atoms with E-state index in [-0.39, 0.29) is 34.9 Å². The number of hydrogen-bond acceptors (Lipinski definition) is 5. The minimum atomic E-state index is -0.768. The molecule has 19 heavy (non-hydrogen) atoms. The molecule has 6 nitrogen and oxygen atoms in total. The van der Waals surface area contributed by atoms with Crippen molar-refractivity contribution >= 4 is 16.9 Å². The first kappa shape index (κ1) is 13.1. The fourth-order valence-corrected chi connectivity index (χ4v) is 1.60. The summed E-state index contributed by atoms with van der Waals surface area (Å²) in [6.45, 7) is 3.98. The lowest BCUT2D eigenvalue weighted by atomic mass is 10.2. The van der Waals surface area contributed by atoms with E-state index < -0.39 is 11.5 Å². The molecule has 2 rings (SSSR count). The Morgan fingerprint density at radius 3 is 2.95 bits per heavy atom. The second-order valence-corrected chi connectivity index (χ2v) is 4.57. The van der Waals surface area contributed by atoms with E-state index in [4.69, 9.17) is 4.74 Å². The Kier molecular flexibility index (Phi) is 3.50. The van der Waals surface area contributed by atoms with Crippen molar-refractivity contribution in [3.8, 4) is 5.75 Å². The predicted molar refractivity (Wildman–Crippen MR) is 69.1 cm³/mol. The number of ether oxygens (including phenoxy) is 1. The van der Waals surface area contributed by atoms with Gasteiger partial charge in [-0.25, -0.2) is 4.79 Å².